The Labute approximate surface area is 129 Å². The summed E-state index contributed by atoms with van der Waals surface area (Å²) in [5.41, 5.74) is 2.58. The van der Waals surface area contributed by atoms with Crippen LogP contribution in [0.4, 0.5) is 4.39 Å². The fourth-order valence-corrected chi connectivity index (χ4v) is 4.28. The SMILES string of the molecule is CNCc1sc2cccc(F)c2c1CN1CCC=C(C)C1. The Morgan fingerprint density at radius 3 is 3.00 bits per heavy atom. The lowest BCUT2D eigenvalue weighted by molar-refractivity contribution is 0.282. The first-order chi connectivity index (χ1) is 10.2. The summed E-state index contributed by atoms with van der Waals surface area (Å²) in [6, 6.07) is 5.39. The summed E-state index contributed by atoms with van der Waals surface area (Å²) in [6.07, 6.45) is 3.40. The van der Waals surface area contributed by atoms with Crippen LogP contribution in [0.2, 0.25) is 0 Å². The van der Waals surface area contributed by atoms with Crippen molar-refractivity contribution in [2.45, 2.75) is 26.4 Å². The Bertz CT molecular complexity index is 675. The molecule has 0 amide bonds. The molecule has 0 bridgehead atoms. The third-order valence-electron chi connectivity index (χ3n) is 3.98. The molecule has 2 nitrogen and oxygen atoms in total. The summed E-state index contributed by atoms with van der Waals surface area (Å²) in [5.74, 6) is -0.0922. The smallest absolute Gasteiger partial charge is 0.132 e. The van der Waals surface area contributed by atoms with Crippen molar-refractivity contribution < 1.29 is 4.39 Å². The second-order valence-corrected chi connectivity index (χ2v) is 6.83. The summed E-state index contributed by atoms with van der Waals surface area (Å²) < 4.78 is 15.3. The molecule has 0 radical (unpaired) electrons. The molecule has 1 aromatic carbocycles. The molecule has 1 aliphatic rings. The van der Waals surface area contributed by atoms with Gasteiger partial charge in [0, 0.05) is 41.1 Å². The summed E-state index contributed by atoms with van der Waals surface area (Å²) in [6.45, 7) is 5.86. The average molecular weight is 304 g/mol. The van der Waals surface area contributed by atoms with E-state index in [0.29, 0.717) is 0 Å². The molecule has 0 saturated heterocycles. The highest BCUT2D eigenvalue weighted by atomic mass is 32.1. The van der Waals surface area contributed by atoms with E-state index in [0.717, 1.165) is 48.2 Å². The number of nitrogens with zero attached hydrogens (tertiary/aromatic N) is 1. The minimum absolute atomic E-state index is 0.0922. The molecular formula is C17H21FN2S. The summed E-state index contributed by atoms with van der Waals surface area (Å²) in [4.78, 5) is 3.67. The van der Waals surface area contributed by atoms with E-state index in [1.165, 1.54) is 10.5 Å². The first-order valence-corrected chi connectivity index (χ1v) is 8.22. The Morgan fingerprint density at radius 2 is 2.24 bits per heavy atom. The molecule has 1 N–H and O–H groups in total. The van der Waals surface area contributed by atoms with Gasteiger partial charge in [0.15, 0.2) is 0 Å². The number of hydrogen-bond acceptors (Lipinski definition) is 3. The molecule has 2 aromatic rings. The van der Waals surface area contributed by atoms with Crippen molar-refractivity contribution in [2.24, 2.45) is 0 Å². The molecule has 0 aliphatic carbocycles. The van der Waals surface area contributed by atoms with Crippen LogP contribution in [-0.2, 0) is 13.1 Å². The van der Waals surface area contributed by atoms with E-state index in [2.05, 4.69) is 23.2 Å². The highest BCUT2D eigenvalue weighted by Gasteiger charge is 2.19. The molecule has 1 aliphatic heterocycles. The van der Waals surface area contributed by atoms with Crippen LogP contribution in [-0.4, -0.2) is 25.0 Å². The van der Waals surface area contributed by atoms with Gasteiger partial charge in [0.25, 0.3) is 0 Å². The zero-order valence-corrected chi connectivity index (χ0v) is 13.4. The number of halogens is 1. The zero-order valence-electron chi connectivity index (χ0n) is 12.6. The van der Waals surface area contributed by atoms with Gasteiger partial charge in [0.05, 0.1) is 0 Å². The Morgan fingerprint density at radius 1 is 1.38 bits per heavy atom. The van der Waals surface area contributed by atoms with Gasteiger partial charge < -0.3 is 5.32 Å². The lowest BCUT2D eigenvalue weighted by Gasteiger charge is -2.26. The number of thiophene rings is 1. The average Bonchev–Trinajstić information content (AvgIpc) is 2.79. The van der Waals surface area contributed by atoms with Crippen molar-refractivity contribution in [1.82, 2.24) is 10.2 Å². The Hall–Kier alpha value is -1.23. The molecule has 0 saturated carbocycles. The second kappa shape index (κ2) is 6.26. The number of benzene rings is 1. The van der Waals surface area contributed by atoms with Crippen LogP contribution in [0.5, 0.6) is 0 Å². The summed E-state index contributed by atoms with van der Waals surface area (Å²) in [7, 11) is 1.94. The minimum atomic E-state index is -0.0922. The third kappa shape index (κ3) is 3.03. The van der Waals surface area contributed by atoms with Gasteiger partial charge in [-0.1, -0.05) is 17.7 Å². The van der Waals surface area contributed by atoms with Crippen molar-refractivity contribution in [1.29, 1.82) is 0 Å². The molecule has 4 heteroatoms. The molecule has 3 rings (SSSR count). The molecule has 21 heavy (non-hydrogen) atoms. The van der Waals surface area contributed by atoms with E-state index in [-0.39, 0.29) is 5.82 Å². The highest BCUT2D eigenvalue weighted by molar-refractivity contribution is 7.19. The maximum Gasteiger partial charge on any atom is 0.132 e. The predicted molar refractivity (Wildman–Crippen MR) is 88.2 cm³/mol. The standard InChI is InChI=1S/C17H21FN2S/c1-12-5-4-8-20(10-12)11-13-16(9-19-2)21-15-7-3-6-14(18)17(13)15/h3,5-7,19H,4,8-11H2,1-2H3. The maximum atomic E-state index is 14.3. The van der Waals surface area contributed by atoms with Crippen LogP contribution in [0.25, 0.3) is 10.1 Å². The monoisotopic (exact) mass is 304 g/mol. The van der Waals surface area contributed by atoms with Gasteiger partial charge in [0.2, 0.25) is 0 Å². The highest BCUT2D eigenvalue weighted by Crippen LogP contribution is 2.34. The van der Waals surface area contributed by atoms with E-state index >= 15 is 0 Å². The van der Waals surface area contributed by atoms with E-state index in [4.69, 9.17) is 0 Å². The van der Waals surface area contributed by atoms with Crippen molar-refractivity contribution in [3.63, 3.8) is 0 Å². The van der Waals surface area contributed by atoms with Crippen LogP contribution in [0.1, 0.15) is 23.8 Å². The van der Waals surface area contributed by atoms with Gasteiger partial charge in [0.1, 0.15) is 5.82 Å². The molecular weight excluding hydrogens is 283 g/mol. The van der Waals surface area contributed by atoms with Gasteiger partial charge in [-0.3, -0.25) is 4.90 Å². The minimum Gasteiger partial charge on any atom is -0.315 e. The van der Waals surface area contributed by atoms with E-state index in [1.54, 1.807) is 23.5 Å². The van der Waals surface area contributed by atoms with E-state index in [1.807, 2.05) is 13.1 Å². The van der Waals surface area contributed by atoms with Crippen LogP contribution in [0.15, 0.2) is 29.8 Å². The summed E-state index contributed by atoms with van der Waals surface area (Å²) >= 11 is 1.71. The Kier molecular flexibility index (Phi) is 4.38. The van der Waals surface area contributed by atoms with Crippen molar-refractivity contribution in [3.8, 4) is 0 Å². The molecule has 0 spiro atoms. The van der Waals surface area contributed by atoms with Crippen LogP contribution in [0, 0.1) is 5.82 Å². The third-order valence-corrected chi connectivity index (χ3v) is 5.17. The largest absolute Gasteiger partial charge is 0.315 e. The molecule has 2 heterocycles. The number of nitrogens with one attached hydrogen (secondary N) is 1. The lowest BCUT2D eigenvalue weighted by atomic mass is 10.1. The molecule has 1 aromatic heterocycles. The number of fused-ring (bicyclic) bond motifs is 1. The zero-order chi connectivity index (χ0) is 14.8. The van der Waals surface area contributed by atoms with Crippen molar-refractivity contribution in [2.75, 3.05) is 20.1 Å². The van der Waals surface area contributed by atoms with Crippen LogP contribution in [0.3, 0.4) is 0 Å². The fraction of sp³-hybridized carbons (Fsp3) is 0.412. The quantitative estimate of drug-likeness (QED) is 0.862. The number of rotatable bonds is 4. The van der Waals surface area contributed by atoms with E-state index < -0.39 is 0 Å². The lowest BCUT2D eigenvalue weighted by Crippen LogP contribution is -2.29. The van der Waals surface area contributed by atoms with Gasteiger partial charge in [-0.15, -0.1) is 11.3 Å². The van der Waals surface area contributed by atoms with Crippen LogP contribution >= 0.6 is 11.3 Å². The van der Waals surface area contributed by atoms with Gasteiger partial charge in [-0.25, -0.2) is 4.39 Å². The number of hydrogen-bond donors (Lipinski definition) is 1. The van der Waals surface area contributed by atoms with Gasteiger partial charge in [-0.2, -0.15) is 0 Å². The summed E-state index contributed by atoms with van der Waals surface area (Å²) in [5, 5.41) is 4.03. The van der Waals surface area contributed by atoms with Gasteiger partial charge >= 0.3 is 0 Å². The normalized spacial score (nSPS) is 16.4. The molecule has 0 atom stereocenters. The second-order valence-electron chi connectivity index (χ2n) is 5.70. The van der Waals surface area contributed by atoms with Gasteiger partial charge in [-0.05, 0) is 38.1 Å². The van der Waals surface area contributed by atoms with Crippen molar-refractivity contribution >= 4 is 21.4 Å². The van der Waals surface area contributed by atoms with Crippen LogP contribution < -0.4 is 5.32 Å². The van der Waals surface area contributed by atoms with Crippen molar-refractivity contribution in [3.05, 3.63) is 46.1 Å². The predicted octanol–water partition coefficient (Wildman–Crippen LogP) is 3.91. The molecule has 112 valence electrons. The first kappa shape index (κ1) is 14.7. The fourth-order valence-electron chi connectivity index (χ4n) is 3.03. The molecule has 0 unspecified atom stereocenters. The first-order valence-electron chi connectivity index (χ1n) is 7.40. The maximum absolute atomic E-state index is 14.3. The van der Waals surface area contributed by atoms with E-state index in [9.17, 15) is 4.39 Å². The Balaban J connectivity index is 1.99. The molecule has 0 fully saturated rings. The topological polar surface area (TPSA) is 15.3 Å².